The van der Waals surface area contributed by atoms with Gasteiger partial charge in [-0.1, -0.05) is 13.8 Å². The van der Waals surface area contributed by atoms with Gasteiger partial charge in [0.25, 0.3) is 0 Å². The summed E-state index contributed by atoms with van der Waals surface area (Å²) in [7, 11) is 1.41. The van der Waals surface area contributed by atoms with Crippen molar-refractivity contribution in [3.8, 4) is 0 Å². The highest BCUT2D eigenvalue weighted by Crippen LogP contribution is 2.08. The number of aliphatic hydroxyl groups is 1. The second kappa shape index (κ2) is 9.93. The molecular weight excluding hydrogens is 226 g/mol. The third-order valence-electron chi connectivity index (χ3n) is 2.02. The second-order valence-corrected chi connectivity index (χ2v) is 5.10. The molecule has 0 saturated heterocycles. The molecule has 0 bridgehead atoms. The van der Waals surface area contributed by atoms with Gasteiger partial charge in [-0.05, 0) is 24.3 Å². The molecule has 4 nitrogen and oxygen atoms in total. The number of hydrogen-bond donors (Lipinski definition) is 2. The van der Waals surface area contributed by atoms with E-state index in [1.54, 1.807) is 11.8 Å². The zero-order valence-electron chi connectivity index (χ0n) is 10.4. The number of carbonyl (C=O) groups excluding carboxylic acids is 1. The third kappa shape index (κ3) is 7.96. The van der Waals surface area contributed by atoms with Gasteiger partial charge in [-0.2, -0.15) is 11.8 Å². The Labute approximate surface area is 102 Å². The SMILES string of the molecule is COC(=O)C(CCSCCCO)NC(C)C. The molecular formula is C11H23NO3S. The summed E-state index contributed by atoms with van der Waals surface area (Å²) in [5.74, 6) is 1.64. The van der Waals surface area contributed by atoms with Crippen LogP contribution in [0.25, 0.3) is 0 Å². The van der Waals surface area contributed by atoms with Crippen LogP contribution in [0.2, 0.25) is 0 Å². The summed E-state index contributed by atoms with van der Waals surface area (Å²) in [6.45, 7) is 4.25. The van der Waals surface area contributed by atoms with Crippen LogP contribution in [0.1, 0.15) is 26.7 Å². The van der Waals surface area contributed by atoms with Gasteiger partial charge in [-0.3, -0.25) is 4.79 Å². The van der Waals surface area contributed by atoms with Gasteiger partial charge in [-0.15, -0.1) is 0 Å². The molecule has 0 amide bonds. The van der Waals surface area contributed by atoms with Crippen LogP contribution in [0.15, 0.2) is 0 Å². The maximum absolute atomic E-state index is 11.4. The molecule has 0 aliphatic rings. The van der Waals surface area contributed by atoms with E-state index >= 15 is 0 Å². The Morgan fingerprint density at radius 2 is 2.12 bits per heavy atom. The highest BCUT2D eigenvalue weighted by molar-refractivity contribution is 7.99. The minimum absolute atomic E-state index is 0.198. The average Bonchev–Trinajstić information content (AvgIpc) is 2.25. The second-order valence-electron chi connectivity index (χ2n) is 3.88. The van der Waals surface area contributed by atoms with E-state index < -0.39 is 0 Å². The molecule has 0 aromatic heterocycles. The van der Waals surface area contributed by atoms with E-state index in [4.69, 9.17) is 9.84 Å². The van der Waals surface area contributed by atoms with Gasteiger partial charge in [-0.25, -0.2) is 0 Å². The first-order valence-corrected chi connectivity index (χ1v) is 6.79. The molecule has 0 saturated carbocycles. The van der Waals surface area contributed by atoms with Gasteiger partial charge in [0.1, 0.15) is 6.04 Å². The topological polar surface area (TPSA) is 58.6 Å². The van der Waals surface area contributed by atoms with Crippen molar-refractivity contribution >= 4 is 17.7 Å². The molecule has 0 spiro atoms. The summed E-state index contributed by atoms with van der Waals surface area (Å²) >= 11 is 1.75. The maximum Gasteiger partial charge on any atom is 0.322 e. The van der Waals surface area contributed by atoms with Gasteiger partial charge in [0.2, 0.25) is 0 Å². The molecule has 0 aliphatic carbocycles. The summed E-state index contributed by atoms with van der Waals surface area (Å²) in [4.78, 5) is 11.4. The van der Waals surface area contributed by atoms with Crippen molar-refractivity contribution in [2.24, 2.45) is 0 Å². The molecule has 0 radical (unpaired) electrons. The zero-order chi connectivity index (χ0) is 12.4. The van der Waals surface area contributed by atoms with Crippen LogP contribution in [-0.4, -0.2) is 48.4 Å². The highest BCUT2D eigenvalue weighted by atomic mass is 32.2. The number of aliphatic hydroxyl groups excluding tert-OH is 1. The van der Waals surface area contributed by atoms with Crippen molar-refractivity contribution in [1.82, 2.24) is 5.32 Å². The summed E-state index contributed by atoms with van der Waals surface area (Å²) in [6.07, 6.45) is 1.58. The number of ether oxygens (including phenoxy) is 1. The predicted octanol–water partition coefficient (Wildman–Crippen LogP) is 1.03. The Hall–Kier alpha value is -0.260. The average molecular weight is 249 g/mol. The predicted molar refractivity (Wildman–Crippen MR) is 67.7 cm³/mol. The Balaban J connectivity index is 3.79. The fourth-order valence-corrected chi connectivity index (χ4v) is 2.22. The summed E-state index contributed by atoms with van der Waals surface area (Å²) in [5.41, 5.74) is 0. The first-order valence-electron chi connectivity index (χ1n) is 5.64. The molecule has 0 rings (SSSR count). The first kappa shape index (κ1) is 15.7. The van der Waals surface area contributed by atoms with E-state index in [0.29, 0.717) is 0 Å². The van der Waals surface area contributed by atoms with Gasteiger partial charge in [0.15, 0.2) is 0 Å². The van der Waals surface area contributed by atoms with Crippen LogP contribution in [0.5, 0.6) is 0 Å². The van der Waals surface area contributed by atoms with E-state index in [9.17, 15) is 4.79 Å². The number of rotatable bonds is 9. The Kier molecular flexibility index (Phi) is 9.77. The fraction of sp³-hybridized carbons (Fsp3) is 0.909. The molecule has 2 N–H and O–H groups in total. The monoisotopic (exact) mass is 249 g/mol. The molecule has 0 fully saturated rings. The van der Waals surface area contributed by atoms with Crippen molar-refractivity contribution in [2.75, 3.05) is 25.2 Å². The number of carbonyl (C=O) groups is 1. The summed E-state index contributed by atoms with van der Waals surface area (Å²) < 4.78 is 4.74. The van der Waals surface area contributed by atoms with Crippen LogP contribution in [-0.2, 0) is 9.53 Å². The minimum Gasteiger partial charge on any atom is -0.468 e. The molecule has 5 heteroatoms. The van der Waals surface area contributed by atoms with Crippen LogP contribution in [0.4, 0.5) is 0 Å². The maximum atomic E-state index is 11.4. The van der Waals surface area contributed by atoms with Crippen molar-refractivity contribution in [1.29, 1.82) is 0 Å². The van der Waals surface area contributed by atoms with Crippen LogP contribution in [0, 0.1) is 0 Å². The molecule has 0 aliphatic heterocycles. The lowest BCUT2D eigenvalue weighted by Crippen LogP contribution is -2.41. The number of thioether (sulfide) groups is 1. The van der Waals surface area contributed by atoms with Crippen molar-refractivity contribution < 1.29 is 14.6 Å². The van der Waals surface area contributed by atoms with Crippen LogP contribution >= 0.6 is 11.8 Å². The number of esters is 1. The largest absolute Gasteiger partial charge is 0.468 e. The standard InChI is InChI=1S/C11H23NO3S/c1-9(2)12-10(11(14)15-3)5-8-16-7-4-6-13/h9-10,12-13H,4-8H2,1-3H3. The van der Waals surface area contributed by atoms with Crippen LogP contribution in [0.3, 0.4) is 0 Å². The molecule has 1 atom stereocenters. The normalized spacial score (nSPS) is 12.8. The first-order chi connectivity index (χ1) is 7.61. The minimum atomic E-state index is -0.216. The molecule has 96 valence electrons. The van der Waals surface area contributed by atoms with Gasteiger partial charge >= 0.3 is 5.97 Å². The Bertz CT molecular complexity index is 188. The molecule has 0 aromatic rings. The van der Waals surface area contributed by atoms with E-state index in [1.807, 2.05) is 13.8 Å². The molecule has 16 heavy (non-hydrogen) atoms. The molecule has 0 heterocycles. The van der Waals surface area contributed by atoms with Crippen LogP contribution < -0.4 is 5.32 Å². The van der Waals surface area contributed by atoms with Gasteiger partial charge in [0, 0.05) is 12.6 Å². The third-order valence-corrected chi connectivity index (χ3v) is 3.12. The number of hydrogen-bond acceptors (Lipinski definition) is 5. The lowest BCUT2D eigenvalue weighted by molar-refractivity contribution is -0.143. The van der Waals surface area contributed by atoms with Gasteiger partial charge in [0.05, 0.1) is 7.11 Å². The molecule has 1 unspecified atom stereocenters. The summed E-state index contributed by atoms with van der Waals surface area (Å²) in [6, 6.07) is 0.0539. The van der Waals surface area contributed by atoms with E-state index in [1.165, 1.54) is 7.11 Å². The summed E-state index contributed by atoms with van der Waals surface area (Å²) in [5, 5.41) is 11.8. The number of nitrogens with one attached hydrogen (secondary N) is 1. The molecule has 0 aromatic carbocycles. The lowest BCUT2D eigenvalue weighted by atomic mass is 10.2. The van der Waals surface area contributed by atoms with E-state index in [2.05, 4.69) is 5.32 Å². The smallest absolute Gasteiger partial charge is 0.322 e. The van der Waals surface area contributed by atoms with E-state index in [0.717, 1.165) is 24.3 Å². The van der Waals surface area contributed by atoms with Gasteiger partial charge < -0.3 is 15.2 Å². The van der Waals surface area contributed by atoms with Crippen molar-refractivity contribution in [2.45, 2.75) is 38.8 Å². The number of methoxy groups -OCH3 is 1. The highest BCUT2D eigenvalue weighted by Gasteiger charge is 2.18. The lowest BCUT2D eigenvalue weighted by Gasteiger charge is -2.18. The van der Waals surface area contributed by atoms with Crippen molar-refractivity contribution in [3.05, 3.63) is 0 Å². The Morgan fingerprint density at radius 1 is 1.44 bits per heavy atom. The quantitative estimate of drug-likeness (QED) is 0.472. The van der Waals surface area contributed by atoms with Crippen molar-refractivity contribution in [3.63, 3.8) is 0 Å². The fourth-order valence-electron chi connectivity index (χ4n) is 1.28. The van der Waals surface area contributed by atoms with E-state index in [-0.39, 0.29) is 24.7 Å². The Morgan fingerprint density at radius 3 is 2.62 bits per heavy atom. The zero-order valence-corrected chi connectivity index (χ0v) is 11.2.